The van der Waals surface area contributed by atoms with Gasteiger partial charge < -0.3 is 10.1 Å². The van der Waals surface area contributed by atoms with Gasteiger partial charge in [-0.3, -0.25) is 9.10 Å². The van der Waals surface area contributed by atoms with E-state index in [0.717, 1.165) is 25.9 Å². The predicted octanol–water partition coefficient (Wildman–Crippen LogP) is 5.81. The van der Waals surface area contributed by atoms with Crippen LogP contribution in [-0.2, 0) is 14.8 Å². The van der Waals surface area contributed by atoms with Crippen LogP contribution in [-0.4, -0.2) is 33.7 Å². The number of sulfonamides is 1. The number of rotatable bonds is 10. The van der Waals surface area contributed by atoms with Gasteiger partial charge in [0.1, 0.15) is 12.3 Å². The standard InChI is InChI=1S/C28H34N2O4S2/c1-7-34-24-10-8-23(9-11-24)30(36(32,33)26-14-12-25(35-6)13-15-26)18-28(31)29-22(5)27-17-20(3)19(2)16-21(27)4/h8-17,22H,7,18H2,1-6H3,(H,29,31)/t22-/m0/s1. The average molecular weight is 527 g/mol. The minimum atomic E-state index is -4.00. The monoisotopic (exact) mass is 526 g/mol. The first-order chi connectivity index (χ1) is 17.1. The quantitative estimate of drug-likeness (QED) is 0.338. The molecule has 0 radical (unpaired) electrons. The molecule has 0 heterocycles. The number of carbonyl (C=O) groups is 1. The molecule has 0 spiro atoms. The molecule has 1 atom stereocenters. The molecule has 0 unspecified atom stereocenters. The van der Waals surface area contributed by atoms with Crippen molar-refractivity contribution in [1.82, 2.24) is 5.32 Å². The summed E-state index contributed by atoms with van der Waals surface area (Å²) < 4.78 is 34.0. The van der Waals surface area contributed by atoms with Crippen molar-refractivity contribution in [1.29, 1.82) is 0 Å². The van der Waals surface area contributed by atoms with Gasteiger partial charge in [0.15, 0.2) is 0 Å². The summed E-state index contributed by atoms with van der Waals surface area (Å²) >= 11 is 1.53. The van der Waals surface area contributed by atoms with E-state index in [4.69, 9.17) is 4.74 Å². The van der Waals surface area contributed by atoms with Gasteiger partial charge in [-0.15, -0.1) is 11.8 Å². The van der Waals surface area contributed by atoms with E-state index in [2.05, 4.69) is 24.4 Å². The molecule has 1 N–H and O–H groups in total. The molecule has 8 heteroatoms. The molecule has 0 aliphatic carbocycles. The van der Waals surface area contributed by atoms with Crippen LogP contribution in [0.1, 0.15) is 42.1 Å². The fourth-order valence-corrected chi connectivity index (χ4v) is 5.84. The highest BCUT2D eigenvalue weighted by Crippen LogP contribution is 2.28. The molecule has 0 bridgehead atoms. The lowest BCUT2D eigenvalue weighted by atomic mass is 9.96. The van der Waals surface area contributed by atoms with E-state index in [9.17, 15) is 13.2 Å². The molecule has 0 aliphatic rings. The summed E-state index contributed by atoms with van der Waals surface area (Å²) in [6, 6.07) is 17.3. The lowest BCUT2D eigenvalue weighted by Gasteiger charge is -2.26. The number of thioether (sulfide) groups is 1. The number of anilines is 1. The van der Waals surface area contributed by atoms with Crippen LogP contribution in [0.25, 0.3) is 0 Å². The second kappa shape index (κ2) is 11.8. The molecule has 6 nitrogen and oxygen atoms in total. The lowest BCUT2D eigenvalue weighted by molar-refractivity contribution is -0.120. The minimum Gasteiger partial charge on any atom is -0.494 e. The van der Waals surface area contributed by atoms with Gasteiger partial charge in [0.2, 0.25) is 5.91 Å². The molecule has 1 amide bonds. The van der Waals surface area contributed by atoms with Crippen LogP contribution in [0.3, 0.4) is 0 Å². The Balaban J connectivity index is 1.91. The summed E-state index contributed by atoms with van der Waals surface area (Å²) in [6.07, 6.45) is 1.93. The summed E-state index contributed by atoms with van der Waals surface area (Å²) in [5, 5.41) is 2.98. The Hall–Kier alpha value is -2.97. The van der Waals surface area contributed by atoms with E-state index in [1.807, 2.05) is 34.0 Å². The van der Waals surface area contributed by atoms with Crippen molar-refractivity contribution in [3.05, 3.63) is 82.9 Å². The van der Waals surface area contributed by atoms with Gasteiger partial charge in [-0.2, -0.15) is 0 Å². The molecular weight excluding hydrogens is 492 g/mol. The van der Waals surface area contributed by atoms with E-state index in [-0.39, 0.29) is 17.5 Å². The highest BCUT2D eigenvalue weighted by molar-refractivity contribution is 7.98. The number of amides is 1. The SMILES string of the molecule is CCOc1ccc(N(CC(=O)N[C@@H](C)c2cc(C)c(C)cc2C)S(=O)(=O)c2ccc(SC)cc2)cc1. The number of carbonyl (C=O) groups excluding carboxylic acids is 1. The number of ether oxygens (including phenoxy) is 1. The van der Waals surface area contributed by atoms with Crippen LogP contribution in [0.5, 0.6) is 5.75 Å². The zero-order chi connectivity index (χ0) is 26.5. The molecule has 3 aromatic carbocycles. The molecule has 36 heavy (non-hydrogen) atoms. The maximum Gasteiger partial charge on any atom is 0.264 e. The molecule has 3 aromatic rings. The molecule has 3 rings (SSSR count). The van der Waals surface area contributed by atoms with E-state index in [1.165, 1.54) is 17.3 Å². The first-order valence-corrected chi connectivity index (χ1v) is 14.5. The first-order valence-electron chi connectivity index (χ1n) is 11.8. The van der Waals surface area contributed by atoms with Crippen molar-refractivity contribution >= 4 is 33.4 Å². The van der Waals surface area contributed by atoms with E-state index < -0.39 is 15.9 Å². The summed E-state index contributed by atoms with van der Waals surface area (Å²) in [5.74, 6) is 0.240. The molecule has 0 fully saturated rings. The fourth-order valence-electron chi connectivity index (χ4n) is 4.01. The number of hydrogen-bond donors (Lipinski definition) is 1. The van der Waals surface area contributed by atoms with E-state index in [1.54, 1.807) is 48.5 Å². The molecule has 192 valence electrons. The summed E-state index contributed by atoms with van der Waals surface area (Å²) in [7, 11) is -4.00. The lowest BCUT2D eigenvalue weighted by Crippen LogP contribution is -2.41. The summed E-state index contributed by atoms with van der Waals surface area (Å²) in [5.41, 5.74) is 4.81. The maximum atomic E-state index is 13.7. The van der Waals surface area contributed by atoms with Crippen LogP contribution in [0.15, 0.2) is 70.5 Å². The van der Waals surface area contributed by atoms with Gasteiger partial charge in [-0.25, -0.2) is 8.42 Å². The van der Waals surface area contributed by atoms with Gasteiger partial charge in [0.05, 0.1) is 23.2 Å². The second-order valence-electron chi connectivity index (χ2n) is 8.70. The number of nitrogens with one attached hydrogen (secondary N) is 1. The summed E-state index contributed by atoms with van der Waals surface area (Å²) in [4.78, 5) is 14.3. The average Bonchev–Trinajstić information content (AvgIpc) is 2.85. The zero-order valence-electron chi connectivity index (χ0n) is 21.7. The molecular formula is C28H34N2O4S2. The third kappa shape index (κ3) is 6.42. The van der Waals surface area contributed by atoms with Gasteiger partial charge in [0, 0.05) is 4.90 Å². The van der Waals surface area contributed by atoms with E-state index >= 15 is 0 Å². The van der Waals surface area contributed by atoms with Crippen molar-refractivity contribution in [3.63, 3.8) is 0 Å². The summed E-state index contributed by atoms with van der Waals surface area (Å²) in [6.45, 7) is 10.0. The van der Waals surface area contributed by atoms with Crippen molar-refractivity contribution < 1.29 is 17.9 Å². The van der Waals surface area contributed by atoms with Gasteiger partial charge in [0.25, 0.3) is 10.0 Å². The largest absolute Gasteiger partial charge is 0.494 e. The molecule has 0 saturated heterocycles. The minimum absolute atomic E-state index is 0.125. The molecule has 0 aromatic heterocycles. The van der Waals surface area contributed by atoms with Crippen LogP contribution in [0.4, 0.5) is 5.69 Å². The Morgan fingerprint density at radius 3 is 2.17 bits per heavy atom. The van der Waals surface area contributed by atoms with Crippen LogP contribution in [0.2, 0.25) is 0 Å². The number of aryl methyl sites for hydroxylation is 3. The highest BCUT2D eigenvalue weighted by Gasteiger charge is 2.28. The third-order valence-corrected chi connectivity index (χ3v) is 8.63. The Labute approximate surface area is 219 Å². The van der Waals surface area contributed by atoms with E-state index in [0.29, 0.717) is 18.0 Å². The third-order valence-electron chi connectivity index (χ3n) is 6.10. The van der Waals surface area contributed by atoms with Crippen LogP contribution >= 0.6 is 11.8 Å². The van der Waals surface area contributed by atoms with Gasteiger partial charge in [-0.1, -0.05) is 12.1 Å². The second-order valence-corrected chi connectivity index (χ2v) is 11.4. The normalized spacial score (nSPS) is 12.2. The Kier molecular flexibility index (Phi) is 9.08. The van der Waals surface area contributed by atoms with Crippen LogP contribution in [0, 0.1) is 20.8 Å². The highest BCUT2D eigenvalue weighted by atomic mass is 32.2. The van der Waals surface area contributed by atoms with Crippen molar-refractivity contribution in [2.75, 3.05) is 23.7 Å². The number of hydrogen-bond acceptors (Lipinski definition) is 5. The maximum absolute atomic E-state index is 13.7. The Bertz CT molecular complexity index is 1300. The van der Waals surface area contributed by atoms with Crippen molar-refractivity contribution in [2.45, 2.75) is 50.5 Å². The number of nitrogens with zero attached hydrogens (tertiary/aromatic N) is 1. The number of benzene rings is 3. The smallest absolute Gasteiger partial charge is 0.264 e. The Morgan fingerprint density at radius 1 is 0.972 bits per heavy atom. The van der Waals surface area contributed by atoms with Gasteiger partial charge in [-0.05, 0) is 112 Å². The van der Waals surface area contributed by atoms with Crippen LogP contribution < -0.4 is 14.4 Å². The molecule has 0 saturated carbocycles. The first kappa shape index (κ1) is 27.6. The van der Waals surface area contributed by atoms with Gasteiger partial charge >= 0.3 is 0 Å². The van der Waals surface area contributed by atoms with Crippen molar-refractivity contribution in [3.8, 4) is 5.75 Å². The topological polar surface area (TPSA) is 75.7 Å². The zero-order valence-corrected chi connectivity index (χ0v) is 23.3. The fraction of sp³-hybridized carbons (Fsp3) is 0.321. The predicted molar refractivity (Wildman–Crippen MR) is 148 cm³/mol. The Morgan fingerprint density at radius 2 is 1.58 bits per heavy atom. The molecule has 0 aliphatic heterocycles. The van der Waals surface area contributed by atoms with Crippen molar-refractivity contribution in [2.24, 2.45) is 0 Å².